The van der Waals surface area contributed by atoms with Crippen molar-refractivity contribution in [1.82, 2.24) is 0 Å². The number of rotatable bonds is 1. The Hall–Kier alpha value is -1.75. The topological polar surface area (TPSA) is 54.4 Å². The van der Waals surface area contributed by atoms with E-state index in [0.29, 0.717) is 0 Å². The summed E-state index contributed by atoms with van der Waals surface area (Å²) in [5.74, 6) is 4.37. The van der Waals surface area contributed by atoms with Gasteiger partial charge < -0.3 is 0 Å². The van der Waals surface area contributed by atoms with Gasteiger partial charge in [0.05, 0.1) is 0 Å². The van der Waals surface area contributed by atoms with Gasteiger partial charge in [-0.1, -0.05) is 11.8 Å². The molecule has 15 heavy (non-hydrogen) atoms. The van der Waals surface area contributed by atoms with E-state index in [4.69, 9.17) is 17.4 Å². The van der Waals surface area contributed by atoms with Crippen LogP contribution in [-0.2, 0) is 10.1 Å². The van der Waals surface area contributed by atoms with Gasteiger partial charge >= 0.3 is 0 Å². The lowest BCUT2D eigenvalue weighted by Crippen LogP contribution is -2.05. The van der Waals surface area contributed by atoms with E-state index in [2.05, 4.69) is 11.8 Å². The molecule has 0 fully saturated rings. The van der Waals surface area contributed by atoms with Gasteiger partial charge in [-0.05, 0) is 24.6 Å². The monoisotopic (exact) mass is 220 g/mol. The second-order valence-electron chi connectivity index (χ2n) is 2.95. The smallest absolute Gasteiger partial charge is 0.282 e. The summed E-state index contributed by atoms with van der Waals surface area (Å²) >= 11 is 0. The summed E-state index contributed by atoms with van der Waals surface area (Å²) in [6.45, 7) is 1.73. The second kappa shape index (κ2) is 3.78. The van der Waals surface area contributed by atoms with Crippen LogP contribution in [0.2, 0.25) is 0 Å². The molecule has 0 heterocycles. The number of hydrogen-bond donors (Lipinski definition) is 1. The highest BCUT2D eigenvalue weighted by molar-refractivity contribution is 7.86. The first kappa shape index (κ1) is 11.3. The molecular formula is C11H8O3S. The molecule has 4 heteroatoms. The van der Waals surface area contributed by atoms with Gasteiger partial charge in [-0.25, -0.2) is 0 Å². The summed E-state index contributed by atoms with van der Waals surface area (Å²) < 4.78 is 31.1. The lowest BCUT2D eigenvalue weighted by atomic mass is 10.1. The Morgan fingerprint density at radius 2 is 1.60 bits per heavy atom. The van der Waals surface area contributed by atoms with Crippen molar-refractivity contribution in [2.24, 2.45) is 0 Å². The van der Waals surface area contributed by atoms with Crippen LogP contribution in [-0.4, -0.2) is 13.0 Å². The van der Waals surface area contributed by atoms with Crippen molar-refractivity contribution < 1.29 is 13.0 Å². The average Bonchev–Trinajstić information content (AvgIpc) is 2.14. The Kier molecular flexibility index (Phi) is 2.85. The molecule has 0 amide bonds. The molecule has 0 aliphatic heterocycles. The lowest BCUT2D eigenvalue weighted by molar-refractivity contribution is 0.482. The Bertz CT molecular complexity index is 548. The van der Waals surface area contributed by atoms with Crippen molar-refractivity contribution >= 4 is 10.1 Å². The zero-order chi connectivity index (χ0) is 11.6. The quantitative estimate of drug-likeness (QED) is 0.571. The molecule has 0 atom stereocenters. The number of hydrogen-bond acceptors (Lipinski definition) is 2. The molecule has 1 aromatic rings. The SMILES string of the molecule is C#Cc1cc(C)cc(C#C)c1S(=O)(=O)O. The Morgan fingerprint density at radius 1 is 1.20 bits per heavy atom. The third-order valence-corrected chi connectivity index (χ3v) is 2.76. The first-order chi connectivity index (χ1) is 6.90. The maximum atomic E-state index is 11.1. The fourth-order valence-corrected chi connectivity index (χ4v) is 2.06. The van der Waals surface area contributed by atoms with Gasteiger partial charge in [0.15, 0.2) is 0 Å². The molecule has 0 saturated heterocycles. The molecule has 0 aliphatic rings. The predicted octanol–water partition coefficient (Wildman–Crippen LogP) is 1.20. The normalized spacial score (nSPS) is 10.4. The zero-order valence-electron chi connectivity index (χ0n) is 7.98. The van der Waals surface area contributed by atoms with Crippen molar-refractivity contribution in [3.8, 4) is 24.7 Å². The maximum absolute atomic E-state index is 11.1. The first-order valence-electron chi connectivity index (χ1n) is 3.95. The van der Waals surface area contributed by atoms with E-state index < -0.39 is 10.1 Å². The zero-order valence-corrected chi connectivity index (χ0v) is 8.80. The minimum atomic E-state index is -4.39. The number of aryl methyl sites for hydroxylation is 1. The van der Waals surface area contributed by atoms with Gasteiger partial charge in [-0.15, -0.1) is 12.8 Å². The van der Waals surface area contributed by atoms with E-state index >= 15 is 0 Å². The largest absolute Gasteiger partial charge is 0.297 e. The van der Waals surface area contributed by atoms with Gasteiger partial charge in [0.2, 0.25) is 0 Å². The predicted molar refractivity (Wildman–Crippen MR) is 56.9 cm³/mol. The third-order valence-electron chi connectivity index (χ3n) is 1.80. The molecule has 76 valence electrons. The molecule has 1 N–H and O–H groups in total. The minimum Gasteiger partial charge on any atom is -0.282 e. The van der Waals surface area contributed by atoms with Crippen molar-refractivity contribution in [2.75, 3.05) is 0 Å². The molecule has 0 aromatic heterocycles. The molecule has 0 radical (unpaired) electrons. The van der Waals surface area contributed by atoms with Crippen LogP contribution in [0.1, 0.15) is 16.7 Å². The maximum Gasteiger partial charge on any atom is 0.297 e. The van der Waals surface area contributed by atoms with Gasteiger partial charge in [0.25, 0.3) is 10.1 Å². The fourth-order valence-electron chi connectivity index (χ4n) is 1.27. The molecule has 0 bridgehead atoms. The van der Waals surface area contributed by atoms with Crippen molar-refractivity contribution in [1.29, 1.82) is 0 Å². The summed E-state index contributed by atoms with van der Waals surface area (Å²) in [6, 6.07) is 2.95. The lowest BCUT2D eigenvalue weighted by Gasteiger charge is -2.05. The molecule has 0 aliphatic carbocycles. The summed E-state index contributed by atoms with van der Waals surface area (Å²) in [5.41, 5.74) is 0.888. The van der Waals surface area contributed by atoms with Crippen molar-refractivity contribution in [3.05, 3.63) is 28.8 Å². The molecule has 0 saturated carbocycles. The van der Waals surface area contributed by atoms with E-state index in [0.717, 1.165) is 5.56 Å². The summed E-state index contributed by atoms with van der Waals surface area (Å²) in [6.07, 6.45) is 10.3. The van der Waals surface area contributed by atoms with Crippen LogP contribution in [0.25, 0.3) is 0 Å². The van der Waals surface area contributed by atoms with Crippen LogP contribution in [0, 0.1) is 31.6 Å². The van der Waals surface area contributed by atoms with Gasteiger partial charge in [-0.2, -0.15) is 8.42 Å². The minimum absolute atomic E-state index is 0.0745. The van der Waals surface area contributed by atoms with Crippen molar-refractivity contribution in [3.63, 3.8) is 0 Å². The molecule has 3 nitrogen and oxygen atoms in total. The number of terminal acetylenes is 2. The Balaban J connectivity index is 3.79. The molecule has 0 unspecified atom stereocenters. The van der Waals surface area contributed by atoms with E-state index in [1.165, 1.54) is 12.1 Å². The summed E-state index contributed by atoms with van der Waals surface area (Å²) in [5, 5.41) is 0. The molecular weight excluding hydrogens is 212 g/mol. The van der Waals surface area contributed by atoms with Crippen LogP contribution in [0.4, 0.5) is 0 Å². The van der Waals surface area contributed by atoms with E-state index in [1.54, 1.807) is 6.92 Å². The summed E-state index contributed by atoms with van der Waals surface area (Å²) in [4.78, 5) is -0.377. The van der Waals surface area contributed by atoms with E-state index in [9.17, 15) is 8.42 Å². The highest BCUT2D eigenvalue weighted by Gasteiger charge is 2.19. The first-order valence-corrected chi connectivity index (χ1v) is 5.39. The van der Waals surface area contributed by atoms with Crippen molar-refractivity contribution in [2.45, 2.75) is 11.8 Å². The standard InChI is InChI=1S/C11H8O3S/c1-4-9-6-8(3)7-10(5-2)11(9)15(12,13)14/h1-2,6-7H,3H3,(H,12,13,14). The van der Waals surface area contributed by atoms with Gasteiger partial charge in [-0.3, -0.25) is 4.55 Å². The third kappa shape index (κ3) is 2.19. The summed E-state index contributed by atoms with van der Waals surface area (Å²) in [7, 11) is -4.39. The highest BCUT2D eigenvalue weighted by atomic mass is 32.2. The molecule has 1 rings (SSSR count). The average molecular weight is 220 g/mol. The van der Waals surface area contributed by atoms with Gasteiger partial charge in [0, 0.05) is 11.1 Å². The highest BCUT2D eigenvalue weighted by Crippen LogP contribution is 2.21. The Morgan fingerprint density at radius 3 is 1.87 bits per heavy atom. The Labute approximate surface area is 88.9 Å². The second-order valence-corrected chi connectivity index (χ2v) is 4.31. The molecule has 0 spiro atoms. The van der Waals surface area contributed by atoms with Gasteiger partial charge in [0.1, 0.15) is 4.90 Å². The van der Waals surface area contributed by atoms with Crippen LogP contribution in [0.15, 0.2) is 17.0 Å². The number of benzene rings is 1. The molecule has 1 aromatic carbocycles. The fraction of sp³-hybridized carbons (Fsp3) is 0.0909. The van der Waals surface area contributed by atoms with E-state index in [-0.39, 0.29) is 16.0 Å². The van der Waals surface area contributed by atoms with Crippen LogP contribution in [0.5, 0.6) is 0 Å². The van der Waals surface area contributed by atoms with Crippen LogP contribution < -0.4 is 0 Å². The van der Waals surface area contributed by atoms with Crippen LogP contribution in [0.3, 0.4) is 0 Å². The van der Waals surface area contributed by atoms with E-state index in [1.807, 2.05) is 0 Å². The van der Waals surface area contributed by atoms with Crippen LogP contribution >= 0.6 is 0 Å².